The maximum absolute atomic E-state index is 11.6. The maximum atomic E-state index is 11.6. The van der Waals surface area contributed by atoms with E-state index in [4.69, 9.17) is 9.05 Å². The smallest absolute Gasteiger partial charge is 0.736 e. The molecule has 2 aromatic carbocycles. The minimum absolute atomic E-state index is 0. The Kier molecular flexibility index (Phi) is 5.45. The molecule has 0 aliphatic heterocycles. The van der Waals surface area contributed by atoms with Crippen LogP contribution < -0.4 is 13.9 Å². The van der Waals surface area contributed by atoms with Gasteiger partial charge in [-0.3, -0.25) is 0 Å². The molecule has 0 aliphatic carbocycles. The number of rotatable bonds is 4. The summed E-state index contributed by atoms with van der Waals surface area (Å²) in [5, 5.41) is 0. The van der Waals surface area contributed by atoms with Gasteiger partial charge in [0.2, 0.25) is 0 Å². The summed E-state index contributed by atoms with van der Waals surface area (Å²) in [6, 6.07) is 16.4. The molecule has 0 radical (unpaired) electrons. The average Bonchev–Trinajstić information content (AvgIpc) is 2.30. The molecule has 0 spiro atoms. The fourth-order valence-electron chi connectivity index (χ4n) is 1.24. The Hall–Kier alpha value is -1.25. The maximum Gasteiger partial charge on any atom is 1.00 e. The van der Waals surface area contributed by atoms with E-state index in [9.17, 15) is 9.46 Å². The van der Waals surface area contributed by atoms with Crippen LogP contribution in [0.3, 0.4) is 0 Å². The zero-order chi connectivity index (χ0) is 12.1. The molecule has 0 atom stereocenters. The van der Waals surface area contributed by atoms with E-state index in [0.29, 0.717) is 0 Å². The molecule has 0 unspecified atom stereocenters. The van der Waals surface area contributed by atoms with Gasteiger partial charge in [0.15, 0.2) is 0 Å². The number of hydrogen-bond donors (Lipinski definition) is 0. The zero-order valence-corrected chi connectivity index (χ0v) is 11.0. The van der Waals surface area contributed by atoms with Crippen molar-refractivity contribution < 1.29 is 35.6 Å². The van der Waals surface area contributed by atoms with Crippen molar-refractivity contribution in [2.75, 3.05) is 0 Å². The molecule has 0 fully saturated rings. The van der Waals surface area contributed by atoms with Gasteiger partial charge in [0.25, 0.3) is 0 Å². The predicted octanol–water partition coefficient (Wildman–Crippen LogP) is 2.61. The summed E-state index contributed by atoms with van der Waals surface area (Å²) in [4.78, 5) is 11.6. The van der Waals surface area contributed by atoms with Crippen LogP contribution in [-0.2, 0) is 21.6 Å². The van der Waals surface area contributed by atoms with E-state index in [1.54, 1.807) is 60.7 Å². The van der Waals surface area contributed by atoms with E-state index >= 15 is 0 Å². The monoisotopic (exact) mass is 312 g/mol. The van der Waals surface area contributed by atoms with Crippen LogP contribution in [0.1, 0.15) is 0 Å². The van der Waals surface area contributed by atoms with E-state index in [1.165, 1.54) is 0 Å². The first-order chi connectivity index (χ1) is 8.16. The molecule has 0 bridgehead atoms. The topological polar surface area (TPSA) is 58.6 Å². The van der Waals surface area contributed by atoms with Crippen molar-refractivity contribution in [1.29, 1.82) is 0 Å². The van der Waals surface area contributed by atoms with E-state index in [1.807, 2.05) is 0 Å². The summed E-state index contributed by atoms with van der Waals surface area (Å²) in [6.45, 7) is 0. The van der Waals surface area contributed by atoms with Gasteiger partial charge in [0.05, 0.1) is 0 Å². The molecular weight excluding hydrogens is 303 g/mol. The normalized spacial score (nSPS) is 10.3. The van der Waals surface area contributed by atoms with Gasteiger partial charge in [0, 0.05) is 0 Å². The van der Waals surface area contributed by atoms with Gasteiger partial charge in [-0.1, -0.05) is 36.4 Å². The van der Waals surface area contributed by atoms with Crippen molar-refractivity contribution in [3.8, 4) is 11.5 Å². The molecule has 0 aromatic heterocycles. The standard InChI is InChI=1S/C12H11O4P.Cu/c13-17(14,15-11-7-3-1-4-8-11)16-12-9-5-2-6-10-12;/h1-10H,(H,13,14);/q;+1/p-1. The van der Waals surface area contributed by atoms with E-state index in [-0.39, 0.29) is 28.6 Å². The van der Waals surface area contributed by atoms with Gasteiger partial charge >= 0.3 is 24.9 Å². The Morgan fingerprint density at radius 2 is 1.11 bits per heavy atom. The number of phosphoric ester groups is 1. The van der Waals surface area contributed by atoms with Gasteiger partial charge in [0.1, 0.15) is 11.5 Å². The molecule has 18 heavy (non-hydrogen) atoms. The fourth-order valence-corrected chi connectivity index (χ4v) is 2.04. The Morgan fingerprint density at radius 3 is 1.44 bits per heavy atom. The molecule has 2 rings (SSSR count). The van der Waals surface area contributed by atoms with Gasteiger partial charge in [-0.2, -0.15) is 0 Å². The molecule has 0 amide bonds. The van der Waals surface area contributed by atoms with Crippen LogP contribution in [0.2, 0.25) is 0 Å². The van der Waals surface area contributed by atoms with E-state index in [0.717, 1.165) is 0 Å². The van der Waals surface area contributed by atoms with Crippen molar-refractivity contribution in [1.82, 2.24) is 0 Å². The first-order valence-electron chi connectivity index (χ1n) is 4.96. The summed E-state index contributed by atoms with van der Waals surface area (Å²) in [6.07, 6.45) is 0. The summed E-state index contributed by atoms with van der Waals surface area (Å²) in [5.74, 6) is 0.448. The number of benzene rings is 2. The van der Waals surface area contributed by atoms with Crippen molar-refractivity contribution in [2.24, 2.45) is 0 Å². The number of phosphoric acid groups is 1. The van der Waals surface area contributed by atoms with Crippen LogP contribution >= 0.6 is 7.82 Å². The molecule has 0 heterocycles. The molecule has 2 aromatic rings. The quantitative estimate of drug-likeness (QED) is 0.643. The third-order valence-corrected chi connectivity index (χ3v) is 2.79. The van der Waals surface area contributed by atoms with Crippen LogP contribution in [0.4, 0.5) is 0 Å². The Balaban J connectivity index is 0.00000162. The van der Waals surface area contributed by atoms with Crippen LogP contribution in [0.5, 0.6) is 11.5 Å². The SMILES string of the molecule is O=P([O-])(Oc1ccccc1)Oc1ccccc1.[Cu+]. The Bertz CT molecular complexity index is 473. The molecule has 0 N–H and O–H groups in total. The first kappa shape index (κ1) is 14.8. The summed E-state index contributed by atoms with van der Waals surface area (Å²) >= 11 is 0. The average molecular weight is 313 g/mol. The van der Waals surface area contributed by atoms with E-state index in [2.05, 4.69) is 0 Å². The number of para-hydroxylation sites is 2. The number of hydrogen-bond acceptors (Lipinski definition) is 4. The van der Waals surface area contributed by atoms with Crippen molar-refractivity contribution in [2.45, 2.75) is 0 Å². The van der Waals surface area contributed by atoms with Crippen molar-refractivity contribution in [3.05, 3.63) is 60.7 Å². The minimum Gasteiger partial charge on any atom is -0.736 e. The second-order valence-electron chi connectivity index (χ2n) is 3.26. The molecule has 0 saturated heterocycles. The van der Waals surface area contributed by atoms with Crippen molar-refractivity contribution >= 4 is 7.82 Å². The van der Waals surface area contributed by atoms with Gasteiger partial charge in [-0.05, 0) is 24.3 Å². The molecular formula is C12H10CuO4P. The summed E-state index contributed by atoms with van der Waals surface area (Å²) in [5.41, 5.74) is 0. The third-order valence-electron chi connectivity index (χ3n) is 1.92. The molecule has 4 nitrogen and oxygen atoms in total. The predicted molar refractivity (Wildman–Crippen MR) is 61.7 cm³/mol. The third kappa shape index (κ3) is 4.55. The molecule has 6 heteroatoms. The van der Waals surface area contributed by atoms with Gasteiger partial charge in [-0.15, -0.1) is 0 Å². The first-order valence-corrected chi connectivity index (χ1v) is 6.42. The van der Waals surface area contributed by atoms with E-state index < -0.39 is 7.82 Å². The van der Waals surface area contributed by atoms with Crippen LogP contribution in [0, 0.1) is 0 Å². The largest absolute Gasteiger partial charge is 1.00 e. The van der Waals surface area contributed by atoms with Crippen LogP contribution in [-0.4, -0.2) is 0 Å². The summed E-state index contributed by atoms with van der Waals surface area (Å²) in [7, 11) is -4.39. The fraction of sp³-hybridized carbons (Fsp3) is 0. The zero-order valence-electron chi connectivity index (χ0n) is 9.16. The molecule has 0 aliphatic rings. The van der Waals surface area contributed by atoms with Crippen molar-refractivity contribution in [3.63, 3.8) is 0 Å². The van der Waals surface area contributed by atoms with Gasteiger partial charge < -0.3 is 13.9 Å². The second-order valence-corrected chi connectivity index (χ2v) is 4.52. The van der Waals surface area contributed by atoms with Gasteiger partial charge in [-0.25, -0.2) is 4.57 Å². The summed E-state index contributed by atoms with van der Waals surface area (Å²) < 4.78 is 21.1. The minimum atomic E-state index is -4.39. The molecule has 0 saturated carbocycles. The van der Waals surface area contributed by atoms with Crippen LogP contribution in [0.15, 0.2) is 60.7 Å². The Morgan fingerprint density at radius 1 is 0.778 bits per heavy atom. The second kappa shape index (κ2) is 6.62. The molecule has 98 valence electrons. The van der Waals surface area contributed by atoms with Crippen LogP contribution in [0.25, 0.3) is 0 Å². The Labute approximate surface area is 116 Å².